The zero-order valence-corrected chi connectivity index (χ0v) is 9.61. The van der Waals surface area contributed by atoms with Gasteiger partial charge in [-0.15, -0.1) is 0 Å². The van der Waals surface area contributed by atoms with Gasteiger partial charge in [-0.25, -0.2) is 0 Å². The molecule has 1 aromatic rings. The van der Waals surface area contributed by atoms with Crippen LogP contribution in [0.5, 0.6) is 5.75 Å². The molecule has 3 heteroatoms. The highest BCUT2D eigenvalue weighted by Gasteiger charge is 2.09. The molecule has 1 saturated heterocycles. The second-order valence-electron chi connectivity index (χ2n) is 3.79. The maximum absolute atomic E-state index is 8.04. The number of ether oxygens (including phenoxy) is 2. The van der Waals surface area contributed by atoms with Gasteiger partial charge in [-0.1, -0.05) is 12.1 Å². The standard InChI is InChI=1S/C13H19NO2/c1-15-13-5-3-12(4-6-13)11-14-7-2-9-16-10-8-14/h3-6H,2,7-11H2,1H3/i7D2. The zero-order chi connectivity index (χ0) is 13.0. The fourth-order valence-electron chi connectivity index (χ4n) is 1.72. The third-order valence-electron chi connectivity index (χ3n) is 2.62. The lowest BCUT2D eigenvalue weighted by atomic mass is 10.2. The van der Waals surface area contributed by atoms with Gasteiger partial charge >= 0.3 is 0 Å². The Kier molecular flexibility index (Phi) is 3.31. The van der Waals surface area contributed by atoms with Gasteiger partial charge in [0.1, 0.15) is 5.75 Å². The van der Waals surface area contributed by atoms with E-state index in [1.54, 1.807) is 7.11 Å². The number of hydrogen-bond donors (Lipinski definition) is 0. The Morgan fingerprint density at radius 2 is 2.19 bits per heavy atom. The van der Waals surface area contributed by atoms with Crippen LogP contribution in [0.25, 0.3) is 0 Å². The summed E-state index contributed by atoms with van der Waals surface area (Å²) >= 11 is 0. The first-order chi connectivity index (χ1) is 8.62. The third-order valence-corrected chi connectivity index (χ3v) is 2.62. The normalized spacial score (nSPS) is 23.1. The van der Waals surface area contributed by atoms with E-state index in [1.165, 1.54) is 0 Å². The maximum Gasteiger partial charge on any atom is 0.118 e. The number of nitrogens with zero attached hydrogens (tertiary/aromatic N) is 1. The van der Waals surface area contributed by atoms with E-state index in [0.29, 0.717) is 32.7 Å². The lowest BCUT2D eigenvalue weighted by molar-refractivity contribution is 0.140. The van der Waals surface area contributed by atoms with Crippen LogP contribution in [0.15, 0.2) is 24.3 Å². The number of benzene rings is 1. The minimum Gasteiger partial charge on any atom is -0.497 e. The van der Waals surface area contributed by atoms with Crippen molar-refractivity contribution in [1.82, 2.24) is 4.90 Å². The molecule has 0 atom stereocenters. The lowest BCUT2D eigenvalue weighted by Gasteiger charge is -2.19. The van der Waals surface area contributed by atoms with Crippen LogP contribution in [0.2, 0.25) is 0 Å². The molecule has 88 valence electrons. The van der Waals surface area contributed by atoms with Crippen molar-refractivity contribution in [3.8, 4) is 5.75 Å². The zero-order valence-electron chi connectivity index (χ0n) is 11.6. The molecule has 0 radical (unpaired) electrons. The van der Waals surface area contributed by atoms with Gasteiger partial charge in [-0.3, -0.25) is 4.90 Å². The fraction of sp³-hybridized carbons (Fsp3) is 0.538. The summed E-state index contributed by atoms with van der Waals surface area (Å²) in [6.45, 7) is 1.01. The van der Waals surface area contributed by atoms with E-state index in [4.69, 9.17) is 12.2 Å². The Balaban J connectivity index is 2.05. The van der Waals surface area contributed by atoms with Crippen LogP contribution in [0.3, 0.4) is 0 Å². The van der Waals surface area contributed by atoms with Crippen LogP contribution in [-0.2, 0) is 11.3 Å². The van der Waals surface area contributed by atoms with E-state index in [1.807, 2.05) is 29.2 Å². The van der Waals surface area contributed by atoms with Crippen LogP contribution in [0, 0.1) is 0 Å². The van der Waals surface area contributed by atoms with Crippen molar-refractivity contribution >= 4 is 0 Å². The summed E-state index contributed by atoms with van der Waals surface area (Å²) < 4.78 is 26.5. The van der Waals surface area contributed by atoms with Gasteiger partial charge in [0, 0.05) is 28.9 Å². The fourth-order valence-corrected chi connectivity index (χ4v) is 1.72. The highest BCUT2D eigenvalue weighted by Crippen LogP contribution is 2.13. The van der Waals surface area contributed by atoms with Gasteiger partial charge in [0.25, 0.3) is 0 Å². The molecule has 0 spiro atoms. The van der Waals surface area contributed by atoms with Gasteiger partial charge in [0.15, 0.2) is 0 Å². The summed E-state index contributed by atoms with van der Waals surface area (Å²) in [5.74, 6) is 0.820. The van der Waals surface area contributed by atoms with Gasteiger partial charge in [-0.2, -0.15) is 0 Å². The topological polar surface area (TPSA) is 21.7 Å². The smallest absolute Gasteiger partial charge is 0.118 e. The Labute approximate surface area is 99.8 Å². The van der Waals surface area contributed by atoms with Crippen molar-refractivity contribution in [3.63, 3.8) is 0 Å². The van der Waals surface area contributed by atoms with Gasteiger partial charge in [0.05, 0.1) is 13.7 Å². The van der Waals surface area contributed by atoms with Gasteiger partial charge in [0.2, 0.25) is 0 Å². The molecule has 1 heterocycles. The minimum atomic E-state index is -1.30. The molecule has 0 N–H and O–H groups in total. The highest BCUT2D eigenvalue weighted by molar-refractivity contribution is 5.27. The van der Waals surface area contributed by atoms with Crippen LogP contribution in [-0.4, -0.2) is 38.3 Å². The van der Waals surface area contributed by atoms with Crippen molar-refractivity contribution in [2.24, 2.45) is 0 Å². The van der Waals surface area contributed by atoms with E-state index < -0.39 is 6.50 Å². The first-order valence-corrected chi connectivity index (χ1v) is 5.57. The van der Waals surface area contributed by atoms with Crippen molar-refractivity contribution < 1.29 is 12.2 Å². The largest absolute Gasteiger partial charge is 0.497 e. The molecule has 2 rings (SSSR count). The number of rotatable bonds is 3. The summed E-state index contributed by atoms with van der Waals surface area (Å²) in [5, 5.41) is 0. The summed E-state index contributed by atoms with van der Waals surface area (Å²) in [5.41, 5.74) is 1.08. The maximum atomic E-state index is 8.04. The van der Waals surface area contributed by atoms with Crippen LogP contribution in [0.1, 0.15) is 14.7 Å². The highest BCUT2D eigenvalue weighted by atomic mass is 16.5. The molecule has 0 aliphatic carbocycles. The first kappa shape index (κ1) is 9.02. The summed E-state index contributed by atoms with van der Waals surface area (Å²) in [7, 11) is 1.64. The van der Waals surface area contributed by atoms with Crippen LogP contribution in [0.4, 0.5) is 0 Å². The van der Waals surface area contributed by atoms with E-state index in [0.717, 1.165) is 11.3 Å². The molecule has 3 nitrogen and oxygen atoms in total. The third kappa shape index (κ3) is 3.22. The molecule has 0 unspecified atom stereocenters. The van der Waals surface area contributed by atoms with Crippen molar-refractivity contribution in [3.05, 3.63) is 29.8 Å². The molecule has 1 fully saturated rings. The number of methoxy groups -OCH3 is 1. The Morgan fingerprint density at radius 3 is 2.94 bits per heavy atom. The van der Waals surface area contributed by atoms with E-state index >= 15 is 0 Å². The molecule has 16 heavy (non-hydrogen) atoms. The van der Waals surface area contributed by atoms with Crippen molar-refractivity contribution in [2.45, 2.75) is 13.0 Å². The second-order valence-corrected chi connectivity index (χ2v) is 3.79. The molecule has 1 aromatic carbocycles. The van der Waals surface area contributed by atoms with Crippen LogP contribution < -0.4 is 4.74 Å². The predicted molar refractivity (Wildman–Crippen MR) is 63.7 cm³/mol. The van der Waals surface area contributed by atoms with E-state index in [2.05, 4.69) is 0 Å². The quantitative estimate of drug-likeness (QED) is 0.781. The molecule has 0 bridgehead atoms. The lowest BCUT2D eigenvalue weighted by Crippen LogP contribution is -2.25. The molecule has 1 aliphatic rings. The van der Waals surface area contributed by atoms with E-state index in [-0.39, 0.29) is 0 Å². The molecular weight excluding hydrogens is 202 g/mol. The summed E-state index contributed by atoms with van der Waals surface area (Å²) in [6, 6.07) is 7.75. The monoisotopic (exact) mass is 223 g/mol. The molecule has 0 amide bonds. The molecule has 0 aromatic heterocycles. The molecular formula is C13H19NO2. The number of hydrogen-bond acceptors (Lipinski definition) is 3. The predicted octanol–water partition coefficient (Wildman–Crippen LogP) is 1.92. The summed E-state index contributed by atoms with van der Waals surface area (Å²) in [4.78, 5) is 1.84. The SMILES string of the molecule is [2H]C1([2H])CCOCCN1Cc1ccc(OC)cc1. The minimum absolute atomic E-state index is 0.420. The first-order valence-electron chi connectivity index (χ1n) is 6.57. The van der Waals surface area contributed by atoms with E-state index in [9.17, 15) is 0 Å². The Bertz CT molecular complexity index is 381. The van der Waals surface area contributed by atoms with Crippen molar-refractivity contribution in [2.75, 3.05) is 33.4 Å². The average Bonchev–Trinajstić information content (AvgIpc) is 2.52. The van der Waals surface area contributed by atoms with Gasteiger partial charge in [-0.05, 0) is 24.1 Å². The Hall–Kier alpha value is -1.06. The van der Waals surface area contributed by atoms with Crippen LogP contribution >= 0.6 is 0 Å². The average molecular weight is 223 g/mol. The molecule has 1 aliphatic heterocycles. The van der Waals surface area contributed by atoms with Gasteiger partial charge < -0.3 is 9.47 Å². The summed E-state index contributed by atoms with van der Waals surface area (Å²) in [6.07, 6.45) is 0.420. The Morgan fingerprint density at radius 1 is 1.38 bits per heavy atom. The molecule has 0 saturated carbocycles. The van der Waals surface area contributed by atoms with Crippen molar-refractivity contribution in [1.29, 1.82) is 0 Å². The second kappa shape index (κ2) is 5.87.